The van der Waals surface area contributed by atoms with Gasteiger partial charge in [0.25, 0.3) is 0 Å². The molecule has 0 spiro atoms. The van der Waals surface area contributed by atoms with E-state index in [9.17, 15) is 14.4 Å². The molecule has 11 heteroatoms. The lowest BCUT2D eigenvalue weighted by Crippen LogP contribution is -2.50. The maximum Gasteiger partial charge on any atom is 0.415 e. The molecule has 1 aromatic carbocycles. The number of ether oxygens (including phenoxy) is 2. The number of esters is 1. The fraction of sp³-hybridized carbons (Fsp3) is 0.609. The predicted octanol–water partition coefficient (Wildman–Crippen LogP) is 2.12. The van der Waals surface area contributed by atoms with Crippen LogP contribution >= 0.6 is 23.4 Å². The lowest BCUT2D eigenvalue weighted by molar-refractivity contribution is -0.158. The highest BCUT2D eigenvalue weighted by molar-refractivity contribution is 8.00. The number of piperazine rings is 1. The molecule has 0 radical (unpaired) electrons. The van der Waals surface area contributed by atoms with Crippen molar-refractivity contribution in [3.8, 4) is 5.75 Å². The van der Waals surface area contributed by atoms with E-state index >= 15 is 0 Å². The van der Waals surface area contributed by atoms with Gasteiger partial charge in [0, 0.05) is 44.9 Å². The summed E-state index contributed by atoms with van der Waals surface area (Å²) in [5.74, 6) is 0.297. The normalized spacial score (nSPS) is 20.0. The first-order valence-corrected chi connectivity index (χ1v) is 12.8. The van der Waals surface area contributed by atoms with Crippen molar-refractivity contribution in [1.82, 2.24) is 20.4 Å². The number of nitrogens with zero attached hydrogens (tertiary/aromatic N) is 2. The molecule has 9 nitrogen and oxygen atoms in total. The van der Waals surface area contributed by atoms with Gasteiger partial charge in [-0.1, -0.05) is 17.7 Å². The van der Waals surface area contributed by atoms with Crippen LogP contribution in [0.5, 0.6) is 5.75 Å². The van der Waals surface area contributed by atoms with Crippen molar-refractivity contribution in [1.29, 1.82) is 0 Å². The molecule has 2 aliphatic heterocycles. The van der Waals surface area contributed by atoms with E-state index < -0.39 is 29.1 Å². The van der Waals surface area contributed by atoms with Crippen LogP contribution in [0.4, 0.5) is 4.79 Å². The third-order valence-electron chi connectivity index (χ3n) is 5.36. The number of benzene rings is 1. The molecule has 0 unspecified atom stereocenters. The van der Waals surface area contributed by atoms with Gasteiger partial charge >= 0.3 is 12.1 Å². The highest BCUT2D eigenvalue weighted by Gasteiger charge is 2.31. The Hall–Kier alpha value is -2.01. The Kier molecular flexibility index (Phi) is 9.08. The first kappa shape index (κ1) is 26.6. The Labute approximate surface area is 209 Å². The van der Waals surface area contributed by atoms with Gasteiger partial charge in [0.1, 0.15) is 17.0 Å². The molecule has 2 aliphatic rings. The quantitative estimate of drug-likeness (QED) is 0.559. The monoisotopic (exact) mass is 512 g/mol. The summed E-state index contributed by atoms with van der Waals surface area (Å²) >= 11 is 7.89. The minimum atomic E-state index is -0.885. The van der Waals surface area contributed by atoms with Crippen molar-refractivity contribution in [2.75, 3.05) is 45.5 Å². The minimum Gasteiger partial charge on any atom is -0.458 e. The minimum absolute atomic E-state index is 0.185. The van der Waals surface area contributed by atoms with Crippen molar-refractivity contribution in [3.63, 3.8) is 0 Å². The Morgan fingerprint density at radius 3 is 2.53 bits per heavy atom. The molecular weight excluding hydrogens is 480 g/mol. The van der Waals surface area contributed by atoms with E-state index in [0.717, 1.165) is 25.4 Å². The summed E-state index contributed by atoms with van der Waals surface area (Å²) in [6.45, 7) is 8.83. The molecule has 34 heavy (non-hydrogen) atoms. The number of thioether (sulfide) groups is 1. The van der Waals surface area contributed by atoms with Crippen LogP contribution in [0.2, 0.25) is 5.02 Å². The highest BCUT2D eigenvalue weighted by Crippen LogP contribution is 2.27. The number of amides is 2. The second kappa shape index (κ2) is 11.6. The molecule has 2 fully saturated rings. The highest BCUT2D eigenvalue weighted by atomic mass is 35.5. The fourth-order valence-corrected chi connectivity index (χ4v) is 4.71. The molecule has 0 bridgehead atoms. The molecule has 1 aromatic rings. The molecule has 2 N–H and O–H groups in total. The van der Waals surface area contributed by atoms with Crippen molar-refractivity contribution >= 4 is 41.3 Å². The van der Waals surface area contributed by atoms with E-state index in [0.29, 0.717) is 18.7 Å². The maximum absolute atomic E-state index is 12.8. The van der Waals surface area contributed by atoms with Gasteiger partial charge in [-0.2, -0.15) is 0 Å². The van der Waals surface area contributed by atoms with Gasteiger partial charge in [-0.25, -0.2) is 9.59 Å². The van der Waals surface area contributed by atoms with Gasteiger partial charge in [0.15, 0.2) is 5.75 Å². The summed E-state index contributed by atoms with van der Waals surface area (Å²) in [4.78, 5) is 41.7. The van der Waals surface area contributed by atoms with E-state index in [4.69, 9.17) is 21.1 Å². The molecule has 2 heterocycles. The van der Waals surface area contributed by atoms with Crippen LogP contribution in [0.3, 0.4) is 0 Å². The Morgan fingerprint density at radius 1 is 1.24 bits per heavy atom. The van der Waals surface area contributed by atoms with Gasteiger partial charge < -0.3 is 24.6 Å². The lowest BCUT2D eigenvalue weighted by atomic mass is 10.0. The molecule has 0 aromatic heterocycles. The number of hydrogen-bond donors (Lipinski definition) is 2. The molecule has 3 rings (SSSR count). The number of carbonyl (C=O) groups is 3. The maximum atomic E-state index is 12.8. The summed E-state index contributed by atoms with van der Waals surface area (Å²) in [5.41, 5.74) is 0.00641. The fourth-order valence-electron chi connectivity index (χ4n) is 3.55. The predicted molar refractivity (Wildman–Crippen MR) is 132 cm³/mol. The van der Waals surface area contributed by atoms with Crippen molar-refractivity contribution in [2.45, 2.75) is 44.2 Å². The Bertz CT molecular complexity index is 896. The SMILES string of the molecule is CN1CCN(C(=O)Oc2ccc(C[C@H](NC(=O)[C@H]3NCCS3)C(=O)OC(C)(C)C)cc2Cl)CC1. The summed E-state index contributed by atoms with van der Waals surface area (Å²) in [6.07, 6.45) is -0.257. The molecular formula is C23H33ClN4O5S. The lowest BCUT2D eigenvalue weighted by Gasteiger charge is -2.31. The number of carbonyl (C=O) groups excluding carboxylic acids is 3. The van der Waals surface area contributed by atoms with Crippen LogP contribution in [-0.4, -0.2) is 90.3 Å². The van der Waals surface area contributed by atoms with Crippen LogP contribution in [0.15, 0.2) is 18.2 Å². The van der Waals surface area contributed by atoms with Gasteiger partial charge in [-0.3, -0.25) is 10.1 Å². The topological polar surface area (TPSA) is 100 Å². The second-order valence-corrected chi connectivity index (χ2v) is 11.0. The number of hydrogen-bond acceptors (Lipinski definition) is 8. The third-order valence-corrected chi connectivity index (χ3v) is 6.81. The van der Waals surface area contributed by atoms with E-state index in [2.05, 4.69) is 15.5 Å². The molecule has 2 saturated heterocycles. The number of nitrogens with one attached hydrogen (secondary N) is 2. The van der Waals surface area contributed by atoms with Crippen molar-refractivity contribution < 1.29 is 23.9 Å². The van der Waals surface area contributed by atoms with Gasteiger partial charge in [0.05, 0.1) is 5.02 Å². The summed E-state index contributed by atoms with van der Waals surface area (Å²) in [5, 5.41) is 5.76. The van der Waals surface area contributed by atoms with Crippen LogP contribution in [-0.2, 0) is 20.7 Å². The number of likely N-dealkylation sites (N-methyl/N-ethyl adjacent to an activating group) is 1. The van der Waals surface area contributed by atoms with E-state index in [1.807, 2.05) is 7.05 Å². The molecule has 2 atom stereocenters. The first-order valence-electron chi connectivity index (χ1n) is 11.3. The largest absolute Gasteiger partial charge is 0.458 e. The summed E-state index contributed by atoms with van der Waals surface area (Å²) in [7, 11) is 2.01. The van der Waals surface area contributed by atoms with Crippen molar-refractivity contribution in [2.24, 2.45) is 0 Å². The third kappa shape index (κ3) is 7.76. The van der Waals surface area contributed by atoms with Crippen LogP contribution < -0.4 is 15.4 Å². The van der Waals surface area contributed by atoms with Gasteiger partial charge in [-0.05, 0) is 45.5 Å². The zero-order chi connectivity index (χ0) is 24.9. The molecule has 188 valence electrons. The van der Waals surface area contributed by atoms with Crippen LogP contribution in [0, 0.1) is 0 Å². The van der Waals surface area contributed by atoms with Crippen LogP contribution in [0.1, 0.15) is 26.3 Å². The van der Waals surface area contributed by atoms with Crippen molar-refractivity contribution in [3.05, 3.63) is 28.8 Å². The zero-order valence-electron chi connectivity index (χ0n) is 20.1. The average Bonchev–Trinajstić information content (AvgIpc) is 3.29. The number of rotatable bonds is 6. The number of halogens is 1. The van der Waals surface area contributed by atoms with E-state index in [-0.39, 0.29) is 23.1 Å². The van der Waals surface area contributed by atoms with E-state index in [1.54, 1.807) is 43.9 Å². The van der Waals surface area contributed by atoms with Gasteiger partial charge in [0.2, 0.25) is 5.91 Å². The Morgan fingerprint density at radius 2 is 1.94 bits per heavy atom. The standard InChI is InChI=1S/C23H33ClN4O5S/c1-23(2,3)33-21(30)17(26-19(29)20-25-7-12-34-20)14-15-5-6-18(16(24)13-15)32-22(31)28-10-8-27(4)9-11-28/h5-6,13,17,20,25H,7-12,14H2,1-4H3,(H,26,29)/t17-,20-/m0/s1. The molecule has 0 saturated carbocycles. The zero-order valence-corrected chi connectivity index (χ0v) is 21.6. The molecule has 0 aliphatic carbocycles. The Balaban J connectivity index is 1.67. The second-order valence-electron chi connectivity index (χ2n) is 9.43. The summed E-state index contributed by atoms with van der Waals surface area (Å²) in [6, 6.07) is 4.09. The van der Waals surface area contributed by atoms with Crippen LogP contribution in [0.25, 0.3) is 0 Å². The smallest absolute Gasteiger partial charge is 0.415 e. The molecule has 2 amide bonds. The van der Waals surface area contributed by atoms with Gasteiger partial charge in [-0.15, -0.1) is 11.8 Å². The average molecular weight is 513 g/mol. The summed E-state index contributed by atoms with van der Waals surface area (Å²) < 4.78 is 11.0. The van der Waals surface area contributed by atoms with E-state index in [1.165, 1.54) is 11.8 Å². The first-order chi connectivity index (χ1) is 16.0.